The van der Waals surface area contributed by atoms with E-state index in [1.165, 1.54) is 0 Å². The molecule has 34 valence electrons. The van der Waals surface area contributed by atoms with Crippen LogP contribution in [0.2, 0.25) is 0 Å². The van der Waals surface area contributed by atoms with Crippen LogP contribution in [0.3, 0.4) is 0 Å². The summed E-state index contributed by atoms with van der Waals surface area (Å²) in [5, 5.41) is 0. The Kier molecular flexibility index (Phi) is 85.9. The zero-order chi connectivity index (χ0) is 4.71. The first-order valence-electron chi connectivity index (χ1n) is 1.15. The maximum Gasteiger partial charge on any atom is 1.00 e. The first-order chi connectivity index (χ1) is 2.41. The topological polar surface area (TPSA) is 40.5 Å². The molecule has 0 saturated heterocycles. The first kappa shape index (κ1) is 15.7. The van der Waals surface area contributed by atoms with Gasteiger partial charge in [-0.05, 0) is 0 Å². The molecule has 2 nitrogen and oxygen atoms in total. The van der Waals surface area contributed by atoms with Crippen molar-refractivity contribution < 1.29 is 39.3 Å². The molecule has 0 aliphatic carbocycles. The molecule has 4 heteroatoms. The van der Waals surface area contributed by atoms with E-state index in [0.717, 1.165) is 0 Å². The van der Waals surface area contributed by atoms with Crippen molar-refractivity contribution in [2.24, 2.45) is 0 Å². The third kappa shape index (κ3) is 55.5. The monoisotopic (exact) mass is 118 g/mol. The second-order valence-corrected chi connectivity index (χ2v) is 0.300. The van der Waals surface area contributed by atoms with Crippen LogP contribution in [-0.2, 0) is 0 Å². The molecule has 0 heterocycles. The van der Waals surface area contributed by atoms with E-state index in [4.69, 9.17) is 9.79 Å². The fraction of sp³-hybridized carbons (Fsp3) is 0.500. The average Bonchev–Trinajstić information content (AvgIpc) is 1.46. The standard InChI is InChI=1S/C2H5.Na.H3O2P/c1-2;;1-3-2/h1H2,2H3;;1-3H/q-1;+1;. The summed E-state index contributed by atoms with van der Waals surface area (Å²) in [6.45, 7) is 5.00. The third-order valence-corrected chi connectivity index (χ3v) is 0. The molecule has 0 rings (SSSR count). The predicted molar refractivity (Wildman–Crippen MR) is 23.8 cm³/mol. The smallest absolute Gasteiger partial charge is 0.352 e. The molecule has 0 radical (unpaired) electrons. The fourth-order valence-corrected chi connectivity index (χ4v) is 0. The Morgan fingerprint density at radius 2 is 1.33 bits per heavy atom. The molecule has 0 aliphatic rings. The van der Waals surface area contributed by atoms with Gasteiger partial charge in [-0.25, -0.2) is 0 Å². The zero-order valence-electron chi connectivity index (χ0n) is 4.10. The summed E-state index contributed by atoms with van der Waals surface area (Å²) in [5.74, 6) is 0. The number of hydrogen-bond donors (Lipinski definition) is 2. The predicted octanol–water partition coefficient (Wildman–Crippen LogP) is -2.68. The fourth-order valence-electron chi connectivity index (χ4n) is 0. The van der Waals surface area contributed by atoms with Crippen LogP contribution in [0, 0.1) is 6.92 Å². The van der Waals surface area contributed by atoms with Gasteiger partial charge in [0.25, 0.3) is 0 Å². The molecule has 0 atom stereocenters. The van der Waals surface area contributed by atoms with Crippen LogP contribution < -0.4 is 29.6 Å². The summed E-state index contributed by atoms with van der Waals surface area (Å²) in [4.78, 5) is 14.3. The Labute approximate surface area is 62.2 Å². The Morgan fingerprint density at radius 1 is 1.33 bits per heavy atom. The molecular weight excluding hydrogens is 110 g/mol. The van der Waals surface area contributed by atoms with Crippen LogP contribution in [-0.4, -0.2) is 9.79 Å². The van der Waals surface area contributed by atoms with Crippen LogP contribution in [0.4, 0.5) is 0 Å². The molecule has 2 N–H and O–H groups in total. The molecular formula is C2H8NaO2P. The third-order valence-electron chi connectivity index (χ3n) is 0. The molecule has 0 bridgehead atoms. The minimum atomic E-state index is -0.917. The summed E-state index contributed by atoms with van der Waals surface area (Å²) in [7, 11) is -0.917. The first-order valence-corrected chi connectivity index (χ1v) is 2.05. The van der Waals surface area contributed by atoms with Crippen molar-refractivity contribution in [2.75, 3.05) is 0 Å². The van der Waals surface area contributed by atoms with Gasteiger partial charge in [-0.3, -0.25) is 0 Å². The van der Waals surface area contributed by atoms with Gasteiger partial charge in [0.1, 0.15) is 9.03 Å². The zero-order valence-corrected chi connectivity index (χ0v) is 7.10. The van der Waals surface area contributed by atoms with Crippen molar-refractivity contribution in [1.29, 1.82) is 0 Å². The minimum Gasteiger partial charge on any atom is -0.352 e. The average molecular weight is 118 g/mol. The molecule has 0 aliphatic heterocycles. The van der Waals surface area contributed by atoms with Crippen molar-refractivity contribution in [1.82, 2.24) is 0 Å². The quantitative estimate of drug-likeness (QED) is 0.207. The van der Waals surface area contributed by atoms with E-state index in [1.807, 2.05) is 0 Å². The Hall–Kier alpha value is 1.35. The van der Waals surface area contributed by atoms with Crippen molar-refractivity contribution in [3.63, 3.8) is 0 Å². The van der Waals surface area contributed by atoms with Gasteiger partial charge in [0.2, 0.25) is 0 Å². The number of hydrogen-bond acceptors (Lipinski definition) is 2. The van der Waals surface area contributed by atoms with Crippen molar-refractivity contribution >= 4 is 9.03 Å². The number of rotatable bonds is 0. The van der Waals surface area contributed by atoms with Gasteiger partial charge in [0.15, 0.2) is 0 Å². The largest absolute Gasteiger partial charge is 1.00 e. The molecule has 0 unspecified atom stereocenters. The van der Waals surface area contributed by atoms with Crippen LogP contribution in [0.25, 0.3) is 0 Å². The van der Waals surface area contributed by atoms with Gasteiger partial charge in [0, 0.05) is 0 Å². The van der Waals surface area contributed by atoms with Gasteiger partial charge in [-0.15, -0.1) is 0 Å². The summed E-state index contributed by atoms with van der Waals surface area (Å²) in [5.41, 5.74) is 0. The normalized spacial score (nSPS) is 4.00. The van der Waals surface area contributed by atoms with Crippen molar-refractivity contribution in [2.45, 2.75) is 6.92 Å². The van der Waals surface area contributed by atoms with E-state index in [0.29, 0.717) is 0 Å². The summed E-state index contributed by atoms with van der Waals surface area (Å²) < 4.78 is 0. The molecule has 0 spiro atoms. The molecule has 6 heavy (non-hydrogen) atoms. The molecule has 0 fully saturated rings. The molecule has 0 aromatic carbocycles. The maximum atomic E-state index is 7.15. The van der Waals surface area contributed by atoms with Crippen molar-refractivity contribution in [3.8, 4) is 0 Å². The molecule has 0 aromatic heterocycles. The maximum absolute atomic E-state index is 7.15. The summed E-state index contributed by atoms with van der Waals surface area (Å²) >= 11 is 0. The second-order valence-electron chi connectivity index (χ2n) is 0.100. The second kappa shape index (κ2) is 32.9. The summed E-state index contributed by atoms with van der Waals surface area (Å²) in [6, 6.07) is 0. The van der Waals surface area contributed by atoms with E-state index >= 15 is 0 Å². The Bertz CT molecular complexity index is 11.5. The van der Waals surface area contributed by atoms with Crippen LogP contribution in [0.15, 0.2) is 0 Å². The Morgan fingerprint density at radius 3 is 1.33 bits per heavy atom. The SMILES string of the molecule is OPO.[CH2-]C.[Na+]. The van der Waals surface area contributed by atoms with Crippen LogP contribution >= 0.6 is 9.03 Å². The van der Waals surface area contributed by atoms with E-state index in [1.54, 1.807) is 6.92 Å². The molecule has 0 amide bonds. The van der Waals surface area contributed by atoms with Gasteiger partial charge in [-0.2, -0.15) is 6.92 Å². The van der Waals surface area contributed by atoms with E-state index in [9.17, 15) is 0 Å². The van der Waals surface area contributed by atoms with E-state index in [-0.39, 0.29) is 29.6 Å². The van der Waals surface area contributed by atoms with Gasteiger partial charge in [0.05, 0.1) is 0 Å². The minimum absolute atomic E-state index is 0. The molecule has 0 aromatic rings. The van der Waals surface area contributed by atoms with Gasteiger partial charge in [-0.1, -0.05) is 0 Å². The van der Waals surface area contributed by atoms with Gasteiger partial charge < -0.3 is 16.7 Å². The van der Waals surface area contributed by atoms with Crippen LogP contribution in [0.1, 0.15) is 6.92 Å². The van der Waals surface area contributed by atoms with Gasteiger partial charge >= 0.3 is 29.6 Å². The van der Waals surface area contributed by atoms with Crippen LogP contribution in [0.5, 0.6) is 0 Å². The molecule has 0 saturated carbocycles. The Balaban J connectivity index is -0.0000000275. The van der Waals surface area contributed by atoms with Crippen molar-refractivity contribution in [3.05, 3.63) is 6.92 Å². The van der Waals surface area contributed by atoms with E-state index < -0.39 is 9.03 Å². The summed E-state index contributed by atoms with van der Waals surface area (Å²) in [6.07, 6.45) is 0. The van der Waals surface area contributed by atoms with E-state index in [2.05, 4.69) is 6.92 Å².